The van der Waals surface area contributed by atoms with Crippen molar-refractivity contribution in [3.8, 4) is 11.4 Å². The van der Waals surface area contributed by atoms with Crippen molar-refractivity contribution < 1.29 is 4.74 Å². The van der Waals surface area contributed by atoms with Crippen molar-refractivity contribution in [2.45, 2.75) is 39.8 Å². The van der Waals surface area contributed by atoms with Gasteiger partial charge >= 0.3 is 0 Å². The van der Waals surface area contributed by atoms with Crippen LogP contribution in [0.25, 0.3) is 11.4 Å². The molecule has 0 spiro atoms. The second kappa shape index (κ2) is 5.81. The van der Waals surface area contributed by atoms with Crippen LogP contribution in [-0.2, 0) is 17.8 Å². The molecular weight excluding hydrogens is 266 g/mol. The average molecular weight is 287 g/mol. The maximum absolute atomic E-state index is 5.53. The van der Waals surface area contributed by atoms with E-state index in [0.29, 0.717) is 12.6 Å². The molecule has 1 aliphatic heterocycles. The number of aromatic nitrogens is 4. The molecule has 0 atom stereocenters. The van der Waals surface area contributed by atoms with Gasteiger partial charge in [0.1, 0.15) is 5.82 Å². The molecule has 112 valence electrons. The lowest BCUT2D eigenvalue weighted by Gasteiger charge is -2.19. The molecule has 21 heavy (non-hydrogen) atoms. The van der Waals surface area contributed by atoms with Gasteiger partial charge in [0, 0.05) is 30.8 Å². The Morgan fingerprint density at radius 3 is 2.95 bits per heavy atom. The number of fused-ring (bicyclic) bond motifs is 1. The molecule has 0 radical (unpaired) electrons. The van der Waals surface area contributed by atoms with Gasteiger partial charge in [-0.2, -0.15) is 5.10 Å². The Hall–Kier alpha value is -1.95. The summed E-state index contributed by atoms with van der Waals surface area (Å²) in [5.74, 6) is 1.62. The van der Waals surface area contributed by atoms with Crippen LogP contribution in [-0.4, -0.2) is 32.9 Å². The van der Waals surface area contributed by atoms with E-state index in [9.17, 15) is 0 Å². The zero-order valence-electron chi connectivity index (χ0n) is 12.8. The van der Waals surface area contributed by atoms with Crippen molar-refractivity contribution in [2.75, 3.05) is 18.5 Å². The highest BCUT2D eigenvalue weighted by Crippen LogP contribution is 2.26. The van der Waals surface area contributed by atoms with Crippen LogP contribution in [0.1, 0.15) is 38.1 Å². The van der Waals surface area contributed by atoms with Crippen LogP contribution in [0.2, 0.25) is 0 Å². The largest absolute Gasteiger partial charge is 0.376 e. The highest BCUT2D eigenvalue weighted by molar-refractivity contribution is 5.58. The van der Waals surface area contributed by atoms with Gasteiger partial charge in [-0.05, 0) is 20.8 Å². The van der Waals surface area contributed by atoms with Crippen LogP contribution in [0.5, 0.6) is 0 Å². The third-order valence-corrected chi connectivity index (χ3v) is 3.56. The molecule has 0 fully saturated rings. The summed E-state index contributed by atoms with van der Waals surface area (Å²) in [6, 6.07) is 0.331. The summed E-state index contributed by atoms with van der Waals surface area (Å²) in [4.78, 5) is 9.38. The van der Waals surface area contributed by atoms with Crippen molar-refractivity contribution in [3.05, 3.63) is 23.7 Å². The highest BCUT2D eigenvalue weighted by Gasteiger charge is 2.19. The lowest BCUT2D eigenvalue weighted by molar-refractivity contribution is 0.109. The molecule has 1 N–H and O–H groups in total. The van der Waals surface area contributed by atoms with Gasteiger partial charge in [-0.25, -0.2) is 9.97 Å². The van der Waals surface area contributed by atoms with Gasteiger partial charge in [0.15, 0.2) is 5.82 Å². The lowest BCUT2D eigenvalue weighted by Crippen LogP contribution is -2.17. The first kappa shape index (κ1) is 14.0. The first-order chi connectivity index (χ1) is 10.2. The van der Waals surface area contributed by atoms with E-state index in [1.54, 1.807) is 0 Å². The van der Waals surface area contributed by atoms with E-state index >= 15 is 0 Å². The molecule has 0 saturated heterocycles. The van der Waals surface area contributed by atoms with Crippen molar-refractivity contribution in [3.63, 3.8) is 0 Å². The number of nitrogens with one attached hydrogen (secondary N) is 1. The monoisotopic (exact) mass is 287 g/mol. The van der Waals surface area contributed by atoms with Gasteiger partial charge in [0.05, 0.1) is 30.7 Å². The summed E-state index contributed by atoms with van der Waals surface area (Å²) in [5.41, 5.74) is 3.12. The predicted molar refractivity (Wildman–Crippen MR) is 81.2 cm³/mol. The highest BCUT2D eigenvalue weighted by atomic mass is 16.5. The average Bonchev–Trinajstić information content (AvgIpc) is 2.97. The third-order valence-electron chi connectivity index (χ3n) is 3.56. The van der Waals surface area contributed by atoms with E-state index in [1.165, 1.54) is 0 Å². The second-order valence-corrected chi connectivity index (χ2v) is 5.46. The van der Waals surface area contributed by atoms with Gasteiger partial charge in [-0.3, -0.25) is 4.68 Å². The van der Waals surface area contributed by atoms with Crippen LogP contribution < -0.4 is 5.32 Å². The molecule has 3 heterocycles. The summed E-state index contributed by atoms with van der Waals surface area (Å²) in [6.45, 7) is 8.41. The Kier molecular flexibility index (Phi) is 3.88. The van der Waals surface area contributed by atoms with E-state index in [4.69, 9.17) is 9.72 Å². The molecule has 0 aromatic carbocycles. The molecule has 6 heteroatoms. The maximum atomic E-state index is 5.53. The van der Waals surface area contributed by atoms with Crippen LogP contribution in [0, 0.1) is 0 Å². The molecular formula is C15H21N5O. The molecule has 0 saturated carbocycles. The summed E-state index contributed by atoms with van der Waals surface area (Å²) < 4.78 is 7.45. The number of nitrogens with zero attached hydrogens (tertiary/aromatic N) is 4. The van der Waals surface area contributed by atoms with E-state index in [1.807, 2.05) is 17.1 Å². The minimum absolute atomic E-state index is 0.331. The SMILES string of the molecule is CCNc1nc(-c2cnn(C(C)C)c2)nc2c1COCC2. The van der Waals surface area contributed by atoms with Gasteiger partial charge in [0.2, 0.25) is 0 Å². The van der Waals surface area contributed by atoms with Gasteiger partial charge in [-0.1, -0.05) is 0 Å². The summed E-state index contributed by atoms with van der Waals surface area (Å²) in [7, 11) is 0. The minimum Gasteiger partial charge on any atom is -0.376 e. The number of hydrogen-bond acceptors (Lipinski definition) is 5. The Bertz CT molecular complexity index is 635. The number of anilines is 1. The predicted octanol–water partition coefficient (Wildman–Crippen LogP) is 2.43. The van der Waals surface area contributed by atoms with E-state index < -0.39 is 0 Å². The molecule has 0 bridgehead atoms. The third kappa shape index (κ3) is 2.76. The lowest BCUT2D eigenvalue weighted by atomic mass is 10.1. The quantitative estimate of drug-likeness (QED) is 0.935. The molecule has 6 nitrogen and oxygen atoms in total. The minimum atomic E-state index is 0.331. The first-order valence-electron chi connectivity index (χ1n) is 7.45. The fourth-order valence-corrected chi connectivity index (χ4v) is 2.41. The van der Waals surface area contributed by atoms with Crippen LogP contribution in [0.4, 0.5) is 5.82 Å². The molecule has 2 aromatic heterocycles. The Labute approximate surface area is 124 Å². The molecule has 1 aliphatic rings. The second-order valence-electron chi connectivity index (χ2n) is 5.46. The molecule has 0 unspecified atom stereocenters. The number of rotatable bonds is 4. The standard InChI is InChI=1S/C15H21N5O/c1-4-16-15-12-9-21-6-5-13(12)18-14(19-15)11-7-17-20(8-11)10(2)3/h7-8,10H,4-6,9H2,1-3H3,(H,16,18,19). The van der Waals surface area contributed by atoms with Crippen molar-refractivity contribution in [2.24, 2.45) is 0 Å². The molecule has 2 aromatic rings. The fraction of sp³-hybridized carbons (Fsp3) is 0.533. The van der Waals surface area contributed by atoms with Gasteiger partial charge in [-0.15, -0.1) is 0 Å². The van der Waals surface area contributed by atoms with Crippen LogP contribution in [0.15, 0.2) is 12.4 Å². The molecule has 0 amide bonds. The Morgan fingerprint density at radius 1 is 1.38 bits per heavy atom. The summed E-state index contributed by atoms with van der Waals surface area (Å²) in [6.07, 6.45) is 4.67. The van der Waals surface area contributed by atoms with Crippen LogP contribution >= 0.6 is 0 Å². The Balaban J connectivity index is 2.03. The van der Waals surface area contributed by atoms with E-state index in [-0.39, 0.29) is 0 Å². The van der Waals surface area contributed by atoms with E-state index in [2.05, 4.69) is 36.2 Å². The number of hydrogen-bond donors (Lipinski definition) is 1. The van der Waals surface area contributed by atoms with Gasteiger partial charge in [0.25, 0.3) is 0 Å². The zero-order valence-corrected chi connectivity index (χ0v) is 12.8. The van der Waals surface area contributed by atoms with Gasteiger partial charge < -0.3 is 10.1 Å². The van der Waals surface area contributed by atoms with Crippen LogP contribution in [0.3, 0.4) is 0 Å². The van der Waals surface area contributed by atoms with Crippen molar-refractivity contribution >= 4 is 5.82 Å². The zero-order chi connectivity index (χ0) is 14.8. The summed E-state index contributed by atoms with van der Waals surface area (Å²) >= 11 is 0. The summed E-state index contributed by atoms with van der Waals surface area (Å²) in [5, 5.41) is 7.69. The topological polar surface area (TPSA) is 64.9 Å². The maximum Gasteiger partial charge on any atom is 0.164 e. The smallest absolute Gasteiger partial charge is 0.164 e. The fourth-order valence-electron chi connectivity index (χ4n) is 2.41. The van der Waals surface area contributed by atoms with Crippen molar-refractivity contribution in [1.29, 1.82) is 0 Å². The first-order valence-corrected chi connectivity index (χ1v) is 7.45. The number of ether oxygens (including phenoxy) is 1. The van der Waals surface area contributed by atoms with Crippen molar-refractivity contribution in [1.82, 2.24) is 19.7 Å². The Morgan fingerprint density at radius 2 is 2.24 bits per heavy atom. The molecule has 0 aliphatic carbocycles. The normalized spacial score (nSPS) is 14.3. The van der Waals surface area contributed by atoms with E-state index in [0.717, 1.165) is 48.0 Å². The molecule has 3 rings (SSSR count).